The van der Waals surface area contributed by atoms with Crippen LogP contribution in [0.5, 0.6) is 0 Å². The first-order valence-corrected chi connectivity index (χ1v) is 8.46. The number of nitrogens with zero attached hydrogens (tertiary/aromatic N) is 2. The van der Waals surface area contributed by atoms with Gasteiger partial charge in [0.15, 0.2) is 0 Å². The average molecular weight is 354 g/mol. The maximum atomic E-state index is 11.9. The van der Waals surface area contributed by atoms with Crippen LogP contribution in [0, 0.1) is 0 Å². The number of hydrogen-bond donors (Lipinski definition) is 2. The fraction of sp³-hybridized carbons (Fsp3) is 0.267. The molecule has 0 saturated heterocycles. The molecular formula is C15H16ClN3O3S. The number of carboxylic acid groups (broad SMARTS) is 1. The Balaban J connectivity index is 2.12. The first kappa shape index (κ1) is 17.4. The van der Waals surface area contributed by atoms with Crippen LogP contribution in [-0.4, -0.2) is 38.3 Å². The maximum absolute atomic E-state index is 11.9. The molecule has 23 heavy (non-hydrogen) atoms. The van der Waals surface area contributed by atoms with Crippen molar-refractivity contribution in [3.05, 3.63) is 41.2 Å². The summed E-state index contributed by atoms with van der Waals surface area (Å²) in [6, 6.07) is 7.29. The van der Waals surface area contributed by atoms with Crippen molar-refractivity contribution in [1.29, 1.82) is 0 Å². The molecule has 122 valence electrons. The molecule has 1 amide bonds. The van der Waals surface area contributed by atoms with Crippen molar-refractivity contribution < 1.29 is 14.7 Å². The van der Waals surface area contributed by atoms with Crippen LogP contribution in [0.3, 0.4) is 0 Å². The molecular weight excluding hydrogens is 338 g/mol. The third-order valence-electron chi connectivity index (χ3n) is 2.99. The summed E-state index contributed by atoms with van der Waals surface area (Å²) in [5.74, 6) is -1.21. The number of nitrogens with one attached hydrogen (secondary N) is 1. The minimum atomic E-state index is -0.939. The quantitative estimate of drug-likeness (QED) is 0.799. The van der Waals surface area contributed by atoms with E-state index in [1.54, 1.807) is 23.0 Å². The van der Waals surface area contributed by atoms with Crippen LogP contribution in [0.15, 0.2) is 30.5 Å². The van der Waals surface area contributed by atoms with Crippen LogP contribution in [-0.2, 0) is 16.0 Å². The number of benzene rings is 1. The van der Waals surface area contributed by atoms with Gasteiger partial charge in [0.2, 0.25) is 5.91 Å². The van der Waals surface area contributed by atoms with Crippen LogP contribution in [0.25, 0.3) is 5.69 Å². The van der Waals surface area contributed by atoms with Gasteiger partial charge in [0, 0.05) is 5.02 Å². The number of anilines is 1. The molecule has 1 heterocycles. The summed E-state index contributed by atoms with van der Waals surface area (Å²) < 4.78 is 1.73. The van der Waals surface area contributed by atoms with Gasteiger partial charge < -0.3 is 10.4 Å². The molecule has 0 fully saturated rings. The first-order chi connectivity index (χ1) is 11.0. The van der Waals surface area contributed by atoms with Crippen LogP contribution in [0.2, 0.25) is 5.02 Å². The molecule has 0 aliphatic heterocycles. The van der Waals surface area contributed by atoms with Gasteiger partial charge in [-0.25, -0.2) is 4.68 Å². The Bertz CT molecular complexity index is 718. The zero-order valence-corrected chi connectivity index (χ0v) is 14.0. The number of hydrogen-bond acceptors (Lipinski definition) is 4. The van der Waals surface area contributed by atoms with E-state index in [0.717, 1.165) is 23.1 Å². The van der Waals surface area contributed by atoms with Crippen molar-refractivity contribution in [3.8, 4) is 5.69 Å². The third kappa shape index (κ3) is 4.74. The summed E-state index contributed by atoms with van der Waals surface area (Å²) in [7, 11) is 0. The first-order valence-electron chi connectivity index (χ1n) is 6.93. The standard InChI is InChI=1S/C15H16ClN3O3S/c1-2-13-12(18-14(20)8-23-9-15(21)22)7-17-19(13)11-5-3-4-10(16)6-11/h3-7H,2,8-9H2,1H3,(H,18,20)(H,21,22). The lowest BCUT2D eigenvalue weighted by atomic mass is 10.2. The van der Waals surface area contributed by atoms with Gasteiger partial charge in [-0.05, 0) is 24.6 Å². The van der Waals surface area contributed by atoms with E-state index in [2.05, 4.69) is 10.4 Å². The molecule has 0 radical (unpaired) electrons. The molecule has 0 saturated carbocycles. The SMILES string of the molecule is CCc1c(NC(=O)CSCC(=O)O)cnn1-c1cccc(Cl)c1. The Morgan fingerprint density at radius 1 is 1.39 bits per heavy atom. The smallest absolute Gasteiger partial charge is 0.313 e. The molecule has 1 aromatic heterocycles. The zero-order valence-electron chi connectivity index (χ0n) is 12.5. The van der Waals surface area contributed by atoms with E-state index in [1.807, 2.05) is 19.1 Å². The van der Waals surface area contributed by atoms with Crippen molar-refractivity contribution in [2.75, 3.05) is 16.8 Å². The van der Waals surface area contributed by atoms with E-state index in [0.29, 0.717) is 17.1 Å². The summed E-state index contributed by atoms with van der Waals surface area (Å²) in [5, 5.41) is 16.3. The third-order valence-corrected chi connectivity index (χ3v) is 4.14. The highest BCUT2D eigenvalue weighted by atomic mass is 35.5. The Morgan fingerprint density at radius 3 is 2.83 bits per heavy atom. The fourth-order valence-electron chi connectivity index (χ4n) is 2.07. The number of aromatic nitrogens is 2. The number of aliphatic carboxylic acids is 1. The number of carbonyl (C=O) groups is 2. The van der Waals surface area contributed by atoms with Gasteiger partial charge >= 0.3 is 5.97 Å². The summed E-state index contributed by atoms with van der Waals surface area (Å²) >= 11 is 7.05. The number of halogens is 1. The Morgan fingerprint density at radius 2 is 2.17 bits per heavy atom. The number of carbonyl (C=O) groups excluding carboxylic acids is 1. The second-order valence-corrected chi connectivity index (χ2v) is 6.11. The fourth-order valence-corrected chi connectivity index (χ4v) is 2.78. The topological polar surface area (TPSA) is 84.2 Å². The highest BCUT2D eigenvalue weighted by Crippen LogP contribution is 2.22. The molecule has 2 rings (SSSR count). The van der Waals surface area contributed by atoms with Gasteiger partial charge in [-0.3, -0.25) is 9.59 Å². The maximum Gasteiger partial charge on any atom is 0.313 e. The van der Waals surface area contributed by atoms with E-state index in [-0.39, 0.29) is 17.4 Å². The molecule has 2 aromatic rings. The second kappa shape index (κ2) is 8.03. The van der Waals surface area contributed by atoms with Crippen molar-refractivity contribution in [1.82, 2.24) is 9.78 Å². The van der Waals surface area contributed by atoms with Crippen molar-refractivity contribution in [2.45, 2.75) is 13.3 Å². The Labute approximate surface area is 142 Å². The number of amides is 1. The monoisotopic (exact) mass is 353 g/mol. The number of rotatable bonds is 7. The molecule has 1 aromatic carbocycles. The predicted octanol–water partition coefficient (Wildman–Crippen LogP) is 2.84. The van der Waals surface area contributed by atoms with Gasteiger partial charge in [0.25, 0.3) is 0 Å². The molecule has 8 heteroatoms. The minimum absolute atomic E-state index is 0.0812. The van der Waals surface area contributed by atoms with Crippen LogP contribution >= 0.6 is 23.4 Å². The lowest BCUT2D eigenvalue weighted by Crippen LogP contribution is -2.16. The second-order valence-electron chi connectivity index (χ2n) is 4.68. The number of carboxylic acids is 1. The van der Waals surface area contributed by atoms with E-state index in [9.17, 15) is 9.59 Å². The normalized spacial score (nSPS) is 10.5. The largest absolute Gasteiger partial charge is 0.481 e. The van der Waals surface area contributed by atoms with Gasteiger partial charge in [-0.2, -0.15) is 5.10 Å². The summed E-state index contributed by atoms with van der Waals surface area (Å²) in [6.07, 6.45) is 2.25. The zero-order chi connectivity index (χ0) is 16.8. The van der Waals surface area contributed by atoms with Crippen LogP contribution in [0.1, 0.15) is 12.6 Å². The molecule has 0 unspecified atom stereocenters. The van der Waals surface area contributed by atoms with Crippen molar-refractivity contribution >= 4 is 40.9 Å². The van der Waals surface area contributed by atoms with Crippen molar-refractivity contribution in [2.24, 2.45) is 0 Å². The lowest BCUT2D eigenvalue weighted by Gasteiger charge is -2.09. The van der Waals surface area contributed by atoms with Gasteiger partial charge in [-0.1, -0.05) is 24.6 Å². The van der Waals surface area contributed by atoms with Gasteiger partial charge in [0.1, 0.15) is 0 Å². The van der Waals surface area contributed by atoms with Crippen molar-refractivity contribution in [3.63, 3.8) is 0 Å². The molecule has 0 spiro atoms. The van der Waals surface area contributed by atoms with E-state index >= 15 is 0 Å². The minimum Gasteiger partial charge on any atom is -0.481 e. The Kier molecular flexibility index (Phi) is 6.06. The Hall–Kier alpha value is -1.99. The molecule has 2 N–H and O–H groups in total. The summed E-state index contributed by atoms with van der Waals surface area (Å²) in [5.41, 5.74) is 2.28. The highest BCUT2D eigenvalue weighted by Gasteiger charge is 2.13. The van der Waals surface area contributed by atoms with Crippen LogP contribution < -0.4 is 5.32 Å². The van der Waals surface area contributed by atoms with E-state index < -0.39 is 5.97 Å². The van der Waals surface area contributed by atoms with E-state index in [1.165, 1.54) is 0 Å². The molecule has 6 nitrogen and oxygen atoms in total. The van der Waals surface area contributed by atoms with Gasteiger partial charge in [-0.15, -0.1) is 11.8 Å². The lowest BCUT2D eigenvalue weighted by molar-refractivity contribution is -0.133. The summed E-state index contributed by atoms with van der Waals surface area (Å²) in [6.45, 7) is 1.97. The summed E-state index contributed by atoms with van der Waals surface area (Å²) in [4.78, 5) is 22.3. The predicted molar refractivity (Wildman–Crippen MR) is 91.5 cm³/mol. The number of thioether (sulfide) groups is 1. The molecule has 0 aliphatic rings. The highest BCUT2D eigenvalue weighted by molar-refractivity contribution is 8.00. The molecule has 0 atom stereocenters. The van der Waals surface area contributed by atoms with E-state index in [4.69, 9.17) is 16.7 Å². The average Bonchev–Trinajstić information content (AvgIpc) is 2.89. The van der Waals surface area contributed by atoms with Crippen LogP contribution in [0.4, 0.5) is 5.69 Å². The molecule has 0 aliphatic carbocycles. The van der Waals surface area contributed by atoms with Gasteiger partial charge in [0.05, 0.1) is 34.8 Å². The molecule has 0 bridgehead atoms.